The van der Waals surface area contributed by atoms with Gasteiger partial charge in [-0.2, -0.15) is 0 Å². The van der Waals surface area contributed by atoms with Crippen molar-refractivity contribution in [3.8, 4) is 0 Å². The summed E-state index contributed by atoms with van der Waals surface area (Å²) in [6.07, 6.45) is 6.47. The minimum atomic E-state index is -0.0944. The number of rotatable bonds is 3. The van der Waals surface area contributed by atoms with Gasteiger partial charge < -0.3 is 10.1 Å². The lowest BCUT2D eigenvalue weighted by Crippen LogP contribution is -2.56. The smallest absolute Gasteiger partial charge is 0.224 e. The fourth-order valence-electron chi connectivity index (χ4n) is 3.38. The quantitative estimate of drug-likeness (QED) is 0.806. The lowest BCUT2D eigenvalue weighted by Gasteiger charge is -2.42. The van der Waals surface area contributed by atoms with Crippen LogP contribution in [0.15, 0.2) is 0 Å². The van der Waals surface area contributed by atoms with Crippen molar-refractivity contribution in [1.82, 2.24) is 5.32 Å². The molecular formula is C15H26BrNO2. The first-order valence-electron chi connectivity index (χ1n) is 7.45. The summed E-state index contributed by atoms with van der Waals surface area (Å²) in [4.78, 5) is 12.7. The van der Waals surface area contributed by atoms with Crippen LogP contribution in [0.4, 0.5) is 0 Å². The van der Waals surface area contributed by atoms with Gasteiger partial charge >= 0.3 is 0 Å². The van der Waals surface area contributed by atoms with E-state index in [9.17, 15) is 4.79 Å². The zero-order valence-corrected chi connectivity index (χ0v) is 13.7. The van der Waals surface area contributed by atoms with E-state index in [4.69, 9.17) is 4.74 Å². The molecular weight excluding hydrogens is 306 g/mol. The van der Waals surface area contributed by atoms with E-state index in [1.165, 1.54) is 12.8 Å². The van der Waals surface area contributed by atoms with Gasteiger partial charge in [0.15, 0.2) is 0 Å². The molecule has 1 heterocycles. The molecule has 2 fully saturated rings. The Morgan fingerprint density at radius 1 is 1.26 bits per heavy atom. The van der Waals surface area contributed by atoms with Crippen LogP contribution in [-0.4, -0.2) is 30.0 Å². The zero-order chi connectivity index (χ0) is 13.9. The van der Waals surface area contributed by atoms with E-state index < -0.39 is 0 Å². The number of halogens is 1. The van der Waals surface area contributed by atoms with Crippen molar-refractivity contribution in [2.24, 2.45) is 11.3 Å². The van der Waals surface area contributed by atoms with Gasteiger partial charge in [-0.25, -0.2) is 0 Å². The maximum atomic E-state index is 12.7. The van der Waals surface area contributed by atoms with Crippen molar-refractivity contribution in [3.63, 3.8) is 0 Å². The first-order chi connectivity index (χ1) is 8.99. The molecule has 0 aromatic carbocycles. The summed E-state index contributed by atoms with van der Waals surface area (Å²) in [6, 6.07) is 0. The molecule has 1 amide bonds. The van der Waals surface area contributed by atoms with Crippen LogP contribution in [-0.2, 0) is 9.53 Å². The van der Waals surface area contributed by atoms with Crippen molar-refractivity contribution in [2.45, 2.75) is 57.9 Å². The van der Waals surface area contributed by atoms with Crippen LogP contribution in [0, 0.1) is 11.3 Å². The topological polar surface area (TPSA) is 38.3 Å². The molecule has 0 spiro atoms. The van der Waals surface area contributed by atoms with Gasteiger partial charge in [0.05, 0.1) is 5.54 Å². The number of amides is 1. The van der Waals surface area contributed by atoms with Crippen molar-refractivity contribution in [2.75, 3.05) is 18.5 Å². The van der Waals surface area contributed by atoms with E-state index in [0.29, 0.717) is 0 Å². The van der Waals surface area contributed by atoms with Crippen LogP contribution < -0.4 is 5.32 Å². The third-order valence-corrected chi connectivity index (χ3v) is 5.99. The maximum Gasteiger partial charge on any atom is 0.224 e. The second kappa shape index (κ2) is 6.13. The maximum absolute atomic E-state index is 12.7. The summed E-state index contributed by atoms with van der Waals surface area (Å²) in [5.74, 6) is 0.422. The highest BCUT2D eigenvalue weighted by Gasteiger charge is 2.41. The molecule has 2 rings (SSSR count). The highest BCUT2D eigenvalue weighted by Crippen LogP contribution is 2.41. The molecule has 1 N–H and O–H groups in total. The highest BCUT2D eigenvalue weighted by atomic mass is 79.9. The van der Waals surface area contributed by atoms with E-state index in [1.807, 2.05) is 0 Å². The van der Waals surface area contributed by atoms with Gasteiger partial charge in [0.1, 0.15) is 0 Å². The van der Waals surface area contributed by atoms with Crippen molar-refractivity contribution in [1.29, 1.82) is 0 Å². The Bertz CT molecular complexity index is 324. The minimum Gasteiger partial charge on any atom is -0.381 e. The van der Waals surface area contributed by atoms with Crippen molar-refractivity contribution < 1.29 is 9.53 Å². The summed E-state index contributed by atoms with van der Waals surface area (Å²) < 4.78 is 5.42. The third kappa shape index (κ3) is 3.52. The molecule has 0 aromatic rings. The predicted molar refractivity (Wildman–Crippen MR) is 80.5 cm³/mol. The standard InChI is InChI=1S/C15H26BrNO2/c1-14(2)6-4-3-5-12(14)13(18)17-15(11-16)7-9-19-10-8-15/h12H,3-11H2,1-2H3,(H,17,18). The zero-order valence-electron chi connectivity index (χ0n) is 12.1. The number of alkyl halides is 1. The predicted octanol–water partition coefficient (Wildman–Crippen LogP) is 3.26. The Balaban J connectivity index is 2.02. The van der Waals surface area contributed by atoms with Gasteiger partial charge in [-0.15, -0.1) is 0 Å². The van der Waals surface area contributed by atoms with Crippen molar-refractivity contribution in [3.05, 3.63) is 0 Å². The number of hydrogen-bond acceptors (Lipinski definition) is 2. The Morgan fingerprint density at radius 2 is 1.95 bits per heavy atom. The molecule has 1 saturated heterocycles. The monoisotopic (exact) mass is 331 g/mol. The van der Waals surface area contributed by atoms with E-state index in [-0.39, 0.29) is 22.8 Å². The van der Waals surface area contributed by atoms with E-state index in [1.54, 1.807) is 0 Å². The lowest BCUT2D eigenvalue weighted by atomic mass is 9.68. The van der Waals surface area contributed by atoms with Gasteiger partial charge in [0, 0.05) is 24.5 Å². The third-order valence-electron chi connectivity index (χ3n) is 4.92. The molecule has 2 aliphatic rings. The largest absolute Gasteiger partial charge is 0.381 e. The number of nitrogens with one attached hydrogen (secondary N) is 1. The average Bonchev–Trinajstić information content (AvgIpc) is 2.39. The number of carbonyl (C=O) groups is 1. The lowest BCUT2D eigenvalue weighted by molar-refractivity contribution is -0.133. The summed E-state index contributed by atoms with van der Waals surface area (Å²) in [5, 5.41) is 4.16. The van der Waals surface area contributed by atoms with E-state index in [0.717, 1.165) is 44.2 Å². The Kier molecular flexibility index (Phi) is 4.93. The average molecular weight is 332 g/mol. The Hall–Kier alpha value is -0.0900. The molecule has 1 saturated carbocycles. The molecule has 1 aliphatic heterocycles. The normalized spacial score (nSPS) is 29.7. The number of carbonyl (C=O) groups excluding carboxylic acids is 1. The molecule has 4 heteroatoms. The molecule has 110 valence electrons. The molecule has 19 heavy (non-hydrogen) atoms. The van der Waals surface area contributed by atoms with Crippen LogP contribution in [0.5, 0.6) is 0 Å². The molecule has 1 atom stereocenters. The molecule has 0 aromatic heterocycles. The second-order valence-corrected chi connectivity index (χ2v) is 7.36. The minimum absolute atomic E-state index is 0.0944. The molecule has 3 nitrogen and oxygen atoms in total. The fourth-order valence-corrected chi connectivity index (χ4v) is 4.08. The van der Waals surface area contributed by atoms with Gasteiger partial charge in [-0.3, -0.25) is 4.79 Å². The number of hydrogen-bond donors (Lipinski definition) is 1. The molecule has 1 unspecified atom stereocenters. The van der Waals surface area contributed by atoms with Gasteiger partial charge in [-0.05, 0) is 31.1 Å². The Morgan fingerprint density at radius 3 is 2.53 bits per heavy atom. The van der Waals surface area contributed by atoms with Crippen LogP contribution in [0.3, 0.4) is 0 Å². The van der Waals surface area contributed by atoms with Gasteiger partial charge in [0.25, 0.3) is 0 Å². The van der Waals surface area contributed by atoms with Crippen LogP contribution in [0.2, 0.25) is 0 Å². The van der Waals surface area contributed by atoms with Crippen LogP contribution in [0.1, 0.15) is 52.4 Å². The molecule has 0 bridgehead atoms. The van der Waals surface area contributed by atoms with Gasteiger partial charge in [-0.1, -0.05) is 42.6 Å². The number of ether oxygens (including phenoxy) is 1. The summed E-state index contributed by atoms with van der Waals surface area (Å²) in [5.41, 5.74) is 0.0455. The Labute approximate surface area is 125 Å². The summed E-state index contributed by atoms with van der Waals surface area (Å²) in [7, 11) is 0. The summed E-state index contributed by atoms with van der Waals surface area (Å²) in [6.45, 7) is 5.97. The second-order valence-electron chi connectivity index (χ2n) is 6.80. The molecule has 0 radical (unpaired) electrons. The van der Waals surface area contributed by atoms with Crippen LogP contribution in [0.25, 0.3) is 0 Å². The molecule has 1 aliphatic carbocycles. The SMILES string of the molecule is CC1(C)CCCCC1C(=O)NC1(CBr)CCOCC1. The van der Waals surface area contributed by atoms with Crippen molar-refractivity contribution >= 4 is 21.8 Å². The van der Waals surface area contributed by atoms with E-state index in [2.05, 4.69) is 35.1 Å². The van der Waals surface area contributed by atoms with Crippen LogP contribution >= 0.6 is 15.9 Å². The fraction of sp³-hybridized carbons (Fsp3) is 0.933. The summed E-state index contributed by atoms with van der Waals surface area (Å²) >= 11 is 3.58. The van der Waals surface area contributed by atoms with Gasteiger partial charge in [0.2, 0.25) is 5.91 Å². The highest BCUT2D eigenvalue weighted by molar-refractivity contribution is 9.09. The first kappa shape index (κ1) is 15.3. The van der Waals surface area contributed by atoms with E-state index >= 15 is 0 Å². The first-order valence-corrected chi connectivity index (χ1v) is 8.57.